The molecule has 0 bridgehead atoms. The lowest BCUT2D eigenvalue weighted by Crippen LogP contribution is -2.23. The maximum absolute atomic E-state index is 12.6. The standard InChI is InChI=1S/C15H16BrN5O3S/c1-3-25(23,24)14-18-12(17)11-13(19-14)21(15(22)20(11)2)8-9-4-6-10(16)7-5-9/h4-7H,3,8H2,1-2H3,(H2,17,18,19). The predicted molar refractivity (Wildman–Crippen MR) is 98.2 cm³/mol. The van der Waals surface area contributed by atoms with Crippen LogP contribution in [0.1, 0.15) is 12.5 Å². The van der Waals surface area contributed by atoms with Crippen molar-refractivity contribution in [1.82, 2.24) is 19.1 Å². The minimum absolute atomic E-state index is 0.0359. The molecule has 0 aliphatic heterocycles. The van der Waals surface area contributed by atoms with Crippen LogP contribution >= 0.6 is 15.9 Å². The summed E-state index contributed by atoms with van der Waals surface area (Å²) in [6.07, 6.45) is 0. The zero-order valence-corrected chi connectivity index (χ0v) is 16.0. The van der Waals surface area contributed by atoms with Crippen molar-refractivity contribution < 1.29 is 8.42 Å². The number of nitrogen functional groups attached to an aromatic ring is 1. The fourth-order valence-electron chi connectivity index (χ4n) is 2.50. The van der Waals surface area contributed by atoms with Crippen molar-refractivity contribution in [2.75, 3.05) is 11.5 Å². The normalized spacial score (nSPS) is 12.0. The van der Waals surface area contributed by atoms with Crippen LogP contribution in [0.4, 0.5) is 5.82 Å². The van der Waals surface area contributed by atoms with E-state index in [2.05, 4.69) is 25.9 Å². The molecule has 0 unspecified atom stereocenters. The van der Waals surface area contributed by atoms with Gasteiger partial charge in [0.2, 0.25) is 9.84 Å². The Hall–Kier alpha value is -2.20. The predicted octanol–water partition coefficient (Wildman–Crippen LogP) is 1.32. The van der Waals surface area contributed by atoms with Gasteiger partial charge < -0.3 is 5.73 Å². The highest BCUT2D eigenvalue weighted by atomic mass is 79.9. The Kier molecular flexibility index (Phi) is 4.41. The molecule has 2 heterocycles. The van der Waals surface area contributed by atoms with E-state index in [4.69, 9.17) is 5.73 Å². The van der Waals surface area contributed by atoms with Crippen LogP contribution < -0.4 is 11.4 Å². The molecule has 0 atom stereocenters. The Balaban J connectivity index is 2.26. The summed E-state index contributed by atoms with van der Waals surface area (Å²) >= 11 is 3.36. The van der Waals surface area contributed by atoms with Gasteiger partial charge >= 0.3 is 5.69 Å². The van der Waals surface area contributed by atoms with Gasteiger partial charge in [0.1, 0.15) is 5.52 Å². The third-order valence-corrected chi connectivity index (χ3v) is 5.92. The smallest absolute Gasteiger partial charge is 0.330 e. The summed E-state index contributed by atoms with van der Waals surface area (Å²) in [4.78, 5) is 20.6. The molecule has 0 fully saturated rings. The van der Waals surface area contributed by atoms with Gasteiger partial charge in [-0.1, -0.05) is 35.0 Å². The van der Waals surface area contributed by atoms with E-state index in [9.17, 15) is 13.2 Å². The largest absolute Gasteiger partial charge is 0.382 e. The van der Waals surface area contributed by atoms with Crippen LogP contribution in [-0.2, 0) is 23.4 Å². The topological polar surface area (TPSA) is 113 Å². The van der Waals surface area contributed by atoms with Crippen LogP contribution in [0.25, 0.3) is 11.2 Å². The number of hydrogen-bond acceptors (Lipinski definition) is 6. The number of halogens is 1. The van der Waals surface area contributed by atoms with E-state index in [0.717, 1.165) is 10.0 Å². The van der Waals surface area contributed by atoms with Gasteiger partial charge in [0, 0.05) is 11.5 Å². The first-order valence-electron chi connectivity index (χ1n) is 7.44. The molecule has 3 aromatic rings. The van der Waals surface area contributed by atoms with Crippen LogP contribution in [0.15, 0.2) is 38.7 Å². The average Bonchev–Trinajstić information content (AvgIpc) is 2.82. The number of rotatable bonds is 4. The highest BCUT2D eigenvalue weighted by molar-refractivity contribution is 9.10. The van der Waals surface area contributed by atoms with E-state index in [1.807, 2.05) is 24.3 Å². The lowest BCUT2D eigenvalue weighted by Gasteiger charge is -2.06. The minimum Gasteiger partial charge on any atom is -0.382 e. The molecule has 25 heavy (non-hydrogen) atoms. The van der Waals surface area contributed by atoms with E-state index in [1.54, 1.807) is 7.05 Å². The second-order valence-corrected chi connectivity index (χ2v) is 8.61. The maximum Gasteiger partial charge on any atom is 0.330 e. The molecule has 3 rings (SSSR count). The number of nitrogens with two attached hydrogens (primary N) is 1. The van der Waals surface area contributed by atoms with Gasteiger partial charge in [-0.25, -0.2) is 13.2 Å². The number of sulfone groups is 1. The summed E-state index contributed by atoms with van der Waals surface area (Å²) in [5, 5.41) is -0.366. The Bertz CT molecular complexity index is 1120. The first kappa shape index (κ1) is 17.6. The van der Waals surface area contributed by atoms with Crippen LogP contribution in [0.3, 0.4) is 0 Å². The van der Waals surface area contributed by atoms with Crippen LogP contribution in [0.5, 0.6) is 0 Å². The Labute approximate surface area is 152 Å². The second kappa shape index (κ2) is 6.26. The van der Waals surface area contributed by atoms with Gasteiger partial charge in [0.15, 0.2) is 11.5 Å². The van der Waals surface area contributed by atoms with Crippen molar-refractivity contribution >= 4 is 42.7 Å². The van der Waals surface area contributed by atoms with Crippen molar-refractivity contribution in [2.45, 2.75) is 18.6 Å². The number of imidazole rings is 1. The van der Waals surface area contributed by atoms with Gasteiger partial charge in [-0.2, -0.15) is 9.97 Å². The zero-order valence-electron chi connectivity index (χ0n) is 13.6. The monoisotopic (exact) mass is 425 g/mol. The third-order valence-electron chi connectivity index (χ3n) is 3.89. The lowest BCUT2D eigenvalue weighted by molar-refractivity contribution is 0.588. The fraction of sp³-hybridized carbons (Fsp3) is 0.267. The molecule has 0 spiro atoms. The first-order valence-corrected chi connectivity index (χ1v) is 9.89. The molecule has 0 aliphatic carbocycles. The highest BCUT2D eigenvalue weighted by Crippen LogP contribution is 2.20. The number of aryl methyl sites for hydroxylation is 1. The Morgan fingerprint density at radius 2 is 1.84 bits per heavy atom. The van der Waals surface area contributed by atoms with Crippen molar-refractivity contribution in [1.29, 1.82) is 0 Å². The SMILES string of the molecule is CCS(=O)(=O)c1nc(N)c2c(n1)n(Cc1ccc(Br)cc1)c(=O)n2C. The number of benzene rings is 1. The molecule has 0 amide bonds. The summed E-state index contributed by atoms with van der Waals surface area (Å²) in [6, 6.07) is 7.46. The highest BCUT2D eigenvalue weighted by Gasteiger charge is 2.22. The van der Waals surface area contributed by atoms with Crippen LogP contribution in [0, 0.1) is 0 Å². The molecule has 2 aromatic heterocycles. The third kappa shape index (κ3) is 3.07. The fourth-order valence-corrected chi connectivity index (χ4v) is 3.49. The van der Waals surface area contributed by atoms with Gasteiger partial charge in [-0.3, -0.25) is 9.13 Å². The van der Waals surface area contributed by atoms with Gasteiger partial charge in [0.05, 0.1) is 12.3 Å². The number of nitrogens with zero attached hydrogens (tertiary/aromatic N) is 4. The lowest BCUT2D eigenvalue weighted by atomic mass is 10.2. The molecule has 0 radical (unpaired) electrons. The molecular weight excluding hydrogens is 410 g/mol. The summed E-state index contributed by atoms with van der Waals surface area (Å²) < 4.78 is 27.9. The summed E-state index contributed by atoms with van der Waals surface area (Å²) in [7, 11) is -2.09. The van der Waals surface area contributed by atoms with E-state index in [-0.39, 0.29) is 34.6 Å². The molecule has 0 aliphatic rings. The number of fused-ring (bicyclic) bond motifs is 1. The number of hydrogen-bond donors (Lipinski definition) is 1. The summed E-state index contributed by atoms with van der Waals surface area (Å²) in [6.45, 7) is 1.74. The van der Waals surface area contributed by atoms with E-state index >= 15 is 0 Å². The molecule has 2 N–H and O–H groups in total. The van der Waals surface area contributed by atoms with Gasteiger partial charge in [-0.05, 0) is 17.7 Å². The first-order chi connectivity index (χ1) is 11.7. The Morgan fingerprint density at radius 1 is 1.20 bits per heavy atom. The van der Waals surface area contributed by atoms with Crippen LogP contribution in [0.2, 0.25) is 0 Å². The van der Waals surface area contributed by atoms with Crippen molar-refractivity contribution in [3.63, 3.8) is 0 Å². The average molecular weight is 426 g/mol. The van der Waals surface area contributed by atoms with Crippen molar-refractivity contribution in [3.05, 3.63) is 44.8 Å². The Morgan fingerprint density at radius 3 is 2.44 bits per heavy atom. The molecule has 0 saturated heterocycles. The molecule has 8 nitrogen and oxygen atoms in total. The van der Waals surface area contributed by atoms with Gasteiger partial charge in [-0.15, -0.1) is 0 Å². The minimum atomic E-state index is -3.64. The van der Waals surface area contributed by atoms with Crippen molar-refractivity contribution in [3.8, 4) is 0 Å². The number of anilines is 1. The molecule has 1 aromatic carbocycles. The van der Waals surface area contributed by atoms with E-state index in [1.165, 1.54) is 16.1 Å². The maximum atomic E-state index is 12.6. The number of aromatic nitrogens is 4. The van der Waals surface area contributed by atoms with E-state index in [0.29, 0.717) is 5.52 Å². The molecular formula is C15H16BrN5O3S. The molecule has 10 heteroatoms. The van der Waals surface area contributed by atoms with E-state index < -0.39 is 9.84 Å². The summed E-state index contributed by atoms with van der Waals surface area (Å²) in [5.74, 6) is -0.187. The van der Waals surface area contributed by atoms with Crippen LogP contribution in [-0.4, -0.2) is 33.3 Å². The molecule has 0 saturated carbocycles. The van der Waals surface area contributed by atoms with Crippen molar-refractivity contribution in [2.24, 2.45) is 7.05 Å². The molecule has 132 valence electrons. The quantitative estimate of drug-likeness (QED) is 0.630. The second-order valence-electron chi connectivity index (χ2n) is 5.52. The zero-order chi connectivity index (χ0) is 18.4. The van der Waals surface area contributed by atoms with Gasteiger partial charge in [0.25, 0.3) is 5.16 Å². The summed E-state index contributed by atoms with van der Waals surface area (Å²) in [5.41, 5.74) is 6.96.